The number of morpholine rings is 1. The van der Waals surface area contributed by atoms with Crippen LogP contribution < -0.4 is 15.5 Å². The van der Waals surface area contributed by atoms with E-state index in [2.05, 4.69) is 26.5 Å². The number of hydrogen-bond acceptors (Lipinski definition) is 6. The molecule has 2 amide bonds. The zero-order valence-electron chi connectivity index (χ0n) is 20.2. The van der Waals surface area contributed by atoms with Crippen molar-refractivity contribution in [3.8, 4) is 11.4 Å². The Morgan fingerprint density at radius 3 is 2.31 bits per heavy atom. The largest absolute Gasteiger partial charge is 0.378 e. The van der Waals surface area contributed by atoms with Crippen LogP contribution in [0.3, 0.4) is 0 Å². The van der Waals surface area contributed by atoms with Crippen LogP contribution in [0.2, 0.25) is 0 Å². The van der Waals surface area contributed by atoms with Gasteiger partial charge in [0, 0.05) is 42.8 Å². The number of fused-ring (bicyclic) bond motifs is 1. The molecule has 2 N–H and O–H groups in total. The summed E-state index contributed by atoms with van der Waals surface area (Å²) in [5.74, 6) is 1.12. The first-order chi connectivity index (χ1) is 17.4. The number of halogens is 1. The Bertz CT molecular complexity index is 1350. The molecule has 0 unspecified atom stereocenters. The molecule has 2 aromatic carbocycles. The molecule has 1 fully saturated rings. The van der Waals surface area contributed by atoms with Gasteiger partial charge in [-0.1, -0.05) is 0 Å². The number of ether oxygens (including phenoxy) is 1. The van der Waals surface area contributed by atoms with E-state index in [1.165, 1.54) is 24.3 Å². The topological polar surface area (TPSA) is 87.0 Å². The van der Waals surface area contributed by atoms with Gasteiger partial charge in [-0.15, -0.1) is 5.10 Å². The zero-order chi connectivity index (χ0) is 25.1. The number of rotatable bonds is 6. The Labute approximate surface area is 208 Å². The third-order valence-corrected chi connectivity index (χ3v) is 5.81. The van der Waals surface area contributed by atoms with Crippen LogP contribution in [0.1, 0.15) is 5.56 Å². The van der Waals surface area contributed by atoms with E-state index in [0.717, 1.165) is 42.1 Å². The van der Waals surface area contributed by atoms with Crippen LogP contribution in [0.25, 0.3) is 16.9 Å². The van der Waals surface area contributed by atoms with Gasteiger partial charge in [-0.3, -0.25) is 0 Å². The molecule has 0 saturated carbocycles. The minimum atomic E-state index is -0.414. The van der Waals surface area contributed by atoms with Crippen LogP contribution in [-0.2, 0) is 11.3 Å². The molecule has 5 rings (SSSR count). The molecule has 0 aliphatic carbocycles. The molecule has 1 saturated heterocycles. The van der Waals surface area contributed by atoms with Crippen molar-refractivity contribution in [2.24, 2.45) is 0 Å². The Balaban J connectivity index is 1.38. The smallest absolute Gasteiger partial charge is 0.323 e. The summed E-state index contributed by atoms with van der Waals surface area (Å²) in [6, 6.07) is 14.7. The molecule has 0 bridgehead atoms. The summed E-state index contributed by atoms with van der Waals surface area (Å²) in [6.45, 7) is 3.68. The van der Waals surface area contributed by atoms with Crippen LogP contribution in [0.15, 0.2) is 60.8 Å². The van der Waals surface area contributed by atoms with Crippen molar-refractivity contribution in [2.45, 2.75) is 6.54 Å². The molecule has 0 atom stereocenters. The molecule has 186 valence electrons. The molecule has 1 aliphatic rings. The van der Waals surface area contributed by atoms with Gasteiger partial charge in [-0.05, 0) is 74.3 Å². The highest BCUT2D eigenvalue weighted by Crippen LogP contribution is 2.27. The Morgan fingerprint density at radius 1 is 1.03 bits per heavy atom. The molecular formula is C26H28FN7O2. The number of nitrogens with one attached hydrogen (secondary N) is 2. The first-order valence-electron chi connectivity index (χ1n) is 11.8. The van der Waals surface area contributed by atoms with Gasteiger partial charge in [0.2, 0.25) is 0 Å². The maximum Gasteiger partial charge on any atom is 0.323 e. The van der Waals surface area contributed by atoms with Gasteiger partial charge >= 0.3 is 6.03 Å². The van der Waals surface area contributed by atoms with Gasteiger partial charge < -0.3 is 25.2 Å². The maximum atomic E-state index is 13.1. The van der Waals surface area contributed by atoms with E-state index in [9.17, 15) is 9.18 Å². The summed E-state index contributed by atoms with van der Waals surface area (Å²) in [4.78, 5) is 21.6. The van der Waals surface area contributed by atoms with E-state index in [0.29, 0.717) is 30.4 Å². The van der Waals surface area contributed by atoms with Crippen molar-refractivity contribution in [3.63, 3.8) is 0 Å². The van der Waals surface area contributed by atoms with Crippen LogP contribution in [0.4, 0.5) is 26.4 Å². The predicted molar refractivity (Wildman–Crippen MR) is 138 cm³/mol. The number of amides is 2. The normalized spacial score (nSPS) is 13.8. The van der Waals surface area contributed by atoms with E-state index in [1.807, 2.05) is 36.9 Å². The van der Waals surface area contributed by atoms with Gasteiger partial charge in [0.05, 0.1) is 13.2 Å². The van der Waals surface area contributed by atoms with Crippen LogP contribution in [0.5, 0.6) is 0 Å². The Morgan fingerprint density at radius 2 is 1.67 bits per heavy atom. The fourth-order valence-corrected chi connectivity index (χ4v) is 4.15. The van der Waals surface area contributed by atoms with E-state index >= 15 is 0 Å². The third kappa shape index (κ3) is 5.45. The quantitative estimate of drug-likeness (QED) is 0.425. The number of nitrogens with zero attached hydrogens (tertiary/aromatic N) is 5. The lowest BCUT2D eigenvalue weighted by atomic mass is 10.2. The van der Waals surface area contributed by atoms with Crippen molar-refractivity contribution in [2.75, 3.05) is 55.9 Å². The number of anilines is 3. The van der Waals surface area contributed by atoms with Crippen LogP contribution >= 0.6 is 0 Å². The number of carbonyl (C=O) groups excluding carboxylic acids is 1. The van der Waals surface area contributed by atoms with Gasteiger partial charge in [0.25, 0.3) is 0 Å². The van der Waals surface area contributed by atoms with Crippen molar-refractivity contribution in [1.29, 1.82) is 0 Å². The van der Waals surface area contributed by atoms with Crippen molar-refractivity contribution in [1.82, 2.24) is 19.5 Å². The molecule has 0 radical (unpaired) electrons. The van der Waals surface area contributed by atoms with Crippen molar-refractivity contribution >= 4 is 28.7 Å². The number of hydrogen-bond donors (Lipinski definition) is 2. The van der Waals surface area contributed by atoms with E-state index in [4.69, 9.17) is 14.8 Å². The summed E-state index contributed by atoms with van der Waals surface area (Å²) >= 11 is 0. The lowest BCUT2D eigenvalue weighted by Gasteiger charge is -2.28. The van der Waals surface area contributed by atoms with E-state index < -0.39 is 6.03 Å². The summed E-state index contributed by atoms with van der Waals surface area (Å²) in [6.07, 6.45) is 2.04. The first kappa shape index (κ1) is 23.7. The maximum absolute atomic E-state index is 13.1. The lowest BCUT2D eigenvalue weighted by molar-refractivity contribution is 0.122. The molecule has 10 heteroatoms. The predicted octanol–water partition coefficient (Wildman–Crippen LogP) is 4.08. The Hall–Kier alpha value is -4.02. The highest BCUT2D eigenvalue weighted by atomic mass is 19.1. The molecule has 0 spiro atoms. The number of urea groups is 1. The van der Waals surface area contributed by atoms with Gasteiger partial charge in [-0.25, -0.2) is 18.7 Å². The first-order valence-corrected chi connectivity index (χ1v) is 11.8. The second-order valence-corrected chi connectivity index (χ2v) is 8.94. The number of carbonyl (C=O) groups is 1. The fourth-order valence-electron chi connectivity index (χ4n) is 4.15. The zero-order valence-corrected chi connectivity index (χ0v) is 20.2. The summed E-state index contributed by atoms with van der Waals surface area (Å²) < 4.78 is 20.5. The molecule has 9 nitrogen and oxygen atoms in total. The van der Waals surface area contributed by atoms with Gasteiger partial charge in [0.1, 0.15) is 11.3 Å². The lowest BCUT2D eigenvalue weighted by Crippen LogP contribution is -2.37. The van der Waals surface area contributed by atoms with Gasteiger partial charge in [-0.2, -0.15) is 0 Å². The molecule has 1 aliphatic heterocycles. The summed E-state index contributed by atoms with van der Waals surface area (Å²) in [5, 5.41) is 10.2. The van der Waals surface area contributed by atoms with Crippen LogP contribution in [-0.4, -0.2) is 65.9 Å². The molecule has 36 heavy (non-hydrogen) atoms. The highest BCUT2D eigenvalue weighted by molar-refractivity contribution is 5.99. The number of aromatic nitrogens is 3. The highest BCUT2D eigenvalue weighted by Gasteiger charge is 2.19. The minimum absolute atomic E-state index is 0.359. The second-order valence-electron chi connectivity index (χ2n) is 8.94. The standard InChI is InChI=1S/C26H28FN7O2/c1-32(2)16-18-15-23-25(33-11-13-36-14-12-33)30-24(31-34(23)17-18)19-3-7-21(8-4-19)28-26(35)29-22-9-5-20(27)6-10-22/h3-10,15,17H,11-14,16H2,1-2H3,(H2,28,29,35). The second kappa shape index (κ2) is 10.3. The molecule has 3 heterocycles. The Kier molecular flexibility index (Phi) is 6.79. The SMILES string of the molecule is CN(C)Cc1cc2c(N3CCOCC3)nc(-c3ccc(NC(=O)Nc4ccc(F)cc4)cc3)nn2c1. The van der Waals surface area contributed by atoms with Crippen molar-refractivity contribution in [3.05, 3.63) is 72.2 Å². The third-order valence-electron chi connectivity index (χ3n) is 5.81. The fraction of sp³-hybridized carbons (Fsp3) is 0.269. The number of benzene rings is 2. The molecule has 4 aromatic rings. The van der Waals surface area contributed by atoms with Crippen molar-refractivity contribution < 1.29 is 13.9 Å². The van der Waals surface area contributed by atoms with E-state index in [1.54, 1.807) is 12.1 Å². The summed E-state index contributed by atoms with van der Waals surface area (Å²) in [5.41, 5.74) is 4.07. The van der Waals surface area contributed by atoms with E-state index in [-0.39, 0.29) is 5.82 Å². The minimum Gasteiger partial charge on any atom is -0.378 e. The monoisotopic (exact) mass is 489 g/mol. The molecular weight excluding hydrogens is 461 g/mol. The van der Waals surface area contributed by atoms with Crippen LogP contribution in [0, 0.1) is 5.82 Å². The summed E-state index contributed by atoms with van der Waals surface area (Å²) in [7, 11) is 4.08. The van der Waals surface area contributed by atoms with Gasteiger partial charge in [0.15, 0.2) is 11.6 Å². The average molecular weight is 490 g/mol. The average Bonchev–Trinajstić information content (AvgIpc) is 3.27. The molecule has 2 aromatic heterocycles.